The number of hydrogen-bond acceptors (Lipinski definition) is 6. The normalized spacial score (nSPS) is 14.1. The second-order valence-electron chi connectivity index (χ2n) is 7.12. The number of benzene rings is 1. The van der Waals surface area contributed by atoms with E-state index in [0.717, 1.165) is 5.56 Å². The van der Waals surface area contributed by atoms with Gasteiger partial charge in [0.15, 0.2) is 5.82 Å². The number of halogens is 1. The summed E-state index contributed by atoms with van der Waals surface area (Å²) < 4.78 is 13.3. The summed E-state index contributed by atoms with van der Waals surface area (Å²) in [4.78, 5) is 40.7. The molecule has 1 aliphatic rings. The van der Waals surface area contributed by atoms with E-state index in [4.69, 9.17) is 4.98 Å². The third-order valence-electron chi connectivity index (χ3n) is 4.98. The van der Waals surface area contributed by atoms with Crippen molar-refractivity contribution in [3.8, 4) is 11.3 Å². The largest absolute Gasteiger partial charge is 0.351 e. The van der Waals surface area contributed by atoms with Gasteiger partial charge < -0.3 is 9.80 Å². The molecule has 0 atom stereocenters. The third-order valence-corrected chi connectivity index (χ3v) is 4.98. The highest BCUT2D eigenvalue weighted by Crippen LogP contribution is 2.28. The van der Waals surface area contributed by atoms with E-state index in [1.165, 1.54) is 19.1 Å². The first kappa shape index (κ1) is 19.7. The topological polar surface area (TPSA) is 91.3 Å². The van der Waals surface area contributed by atoms with Crippen molar-refractivity contribution in [1.82, 2.24) is 19.9 Å². The fourth-order valence-corrected chi connectivity index (χ4v) is 3.45. The molecule has 1 fully saturated rings. The minimum Gasteiger partial charge on any atom is -0.351 e. The number of hydrogen-bond donors (Lipinski definition) is 1. The number of pyridine rings is 1. The van der Waals surface area contributed by atoms with E-state index in [0.29, 0.717) is 48.7 Å². The standard InChI is InChI=1S/C21H21FN6O2/c1-13(29)23-21-25-18-8-7-17(15-3-5-16(22)6-4-15)24-19(18)20(26-21)28-11-9-27(10-12-28)14(2)30/h3-8H,9-12H2,1-2H3,(H,23,25,26,29). The first-order valence-corrected chi connectivity index (χ1v) is 9.63. The summed E-state index contributed by atoms with van der Waals surface area (Å²) in [5.41, 5.74) is 2.62. The van der Waals surface area contributed by atoms with Crippen molar-refractivity contribution in [3.05, 3.63) is 42.2 Å². The summed E-state index contributed by atoms with van der Waals surface area (Å²) in [5, 5.41) is 2.63. The van der Waals surface area contributed by atoms with E-state index in [1.54, 1.807) is 30.0 Å². The molecule has 0 saturated carbocycles. The lowest BCUT2D eigenvalue weighted by Gasteiger charge is -2.35. The Bertz CT molecular complexity index is 1110. The molecule has 0 aliphatic carbocycles. The lowest BCUT2D eigenvalue weighted by Crippen LogP contribution is -2.48. The Hall–Kier alpha value is -3.62. The highest BCUT2D eigenvalue weighted by atomic mass is 19.1. The van der Waals surface area contributed by atoms with Crippen LogP contribution >= 0.6 is 0 Å². The van der Waals surface area contributed by atoms with Crippen LogP contribution in [-0.4, -0.2) is 57.8 Å². The van der Waals surface area contributed by atoms with Gasteiger partial charge in [0, 0.05) is 45.6 Å². The van der Waals surface area contributed by atoms with E-state index >= 15 is 0 Å². The second-order valence-corrected chi connectivity index (χ2v) is 7.12. The zero-order chi connectivity index (χ0) is 21.3. The van der Waals surface area contributed by atoms with Crippen molar-refractivity contribution in [3.63, 3.8) is 0 Å². The Labute approximate surface area is 172 Å². The monoisotopic (exact) mass is 408 g/mol. The molecule has 1 N–H and O–H groups in total. The minimum atomic E-state index is -0.313. The maximum Gasteiger partial charge on any atom is 0.232 e. The van der Waals surface area contributed by atoms with E-state index in [-0.39, 0.29) is 23.6 Å². The SMILES string of the molecule is CC(=O)Nc1nc(N2CCN(C(C)=O)CC2)c2nc(-c3ccc(F)cc3)ccc2n1. The van der Waals surface area contributed by atoms with Gasteiger partial charge in [-0.15, -0.1) is 0 Å². The van der Waals surface area contributed by atoms with Crippen LogP contribution in [-0.2, 0) is 9.59 Å². The van der Waals surface area contributed by atoms with Crippen molar-refractivity contribution >= 4 is 34.6 Å². The smallest absolute Gasteiger partial charge is 0.232 e. The molecule has 3 aromatic rings. The number of fused-ring (bicyclic) bond motifs is 1. The Morgan fingerprint density at radius 1 is 0.933 bits per heavy atom. The number of amides is 2. The third kappa shape index (κ3) is 4.05. The molecule has 2 amide bonds. The van der Waals surface area contributed by atoms with E-state index in [1.807, 2.05) is 11.0 Å². The molecule has 1 aromatic carbocycles. The van der Waals surface area contributed by atoms with Gasteiger partial charge in [0.2, 0.25) is 17.8 Å². The molecular weight excluding hydrogens is 387 g/mol. The Morgan fingerprint density at radius 3 is 2.27 bits per heavy atom. The molecule has 4 rings (SSSR count). The van der Waals surface area contributed by atoms with Crippen molar-refractivity contribution in [2.75, 3.05) is 36.4 Å². The molecule has 9 heteroatoms. The number of nitrogens with one attached hydrogen (secondary N) is 1. The van der Waals surface area contributed by atoms with Crippen LogP contribution in [0, 0.1) is 5.82 Å². The minimum absolute atomic E-state index is 0.0397. The maximum absolute atomic E-state index is 13.3. The Morgan fingerprint density at radius 2 is 1.63 bits per heavy atom. The average Bonchev–Trinajstić information content (AvgIpc) is 2.73. The molecular formula is C21H21FN6O2. The van der Waals surface area contributed by atoms with Gasteiger partial charge in [-0.1, -0.05) is 0 Å². The number of nitrogens with zero attached hydrogens (tertiary/aromatic N) is 5. The predicted molar refractivity (Wildman–Crippen MR) is 111 cm³/mol. The van der Waals surface area contributed by atoms with Crippen LogP contribution in [0.25, 0.3) is 22.3 Å². The summed E-state index contributed by atoms with van der Waals surface area (Å²) >= 11 is 0. The lowest BCUT2D eigenvalue weighted by molar-refractivity contribution is -0.129. The Kier molecular flexibility index (Phi) is 5.26. The zero-order valence-corrected chi connectivity index (χ0v) is 16.7. The van der Waals surface area contributed by atoms with Crippen LogP contribution < -0.4 is 10.2 Å². The Balaban J connectivity index is 1.78. The van der Waals surface area contributed by atoms with Gasteiger partial charge in [-0.25, -0.2) is 14.4 Å². The lowest BCUT2D eigenvalue weighted by atomic mass is 10.1. The van der Waals surface area contributed by atoms with Crippen molar-refractivity contribution < 1.29 is 14.0 Å². The molecule has 0 spiro atoms. The highest BCUT2D eigenvalue weighted by molar-refractivity contribution is 5.92. The van der Waals surface area contributed by atoms with Crippen LogP contribution in [0.15, 0.2) is 36.4 Å². The van der Waals surface area contributed by atoms with Crippen LogP contribution in [0.5, 0.6) is 0 Å². The van der Waals surface area contributed by atoms with Crippen LogP contribution in [0.3, 0.4) is 0 Å². The summed E-state index contributed by atoms with van der Waals surface area (Å²) in [6.07, 6.45) is 0. The molecule has 154 valence electrons. The van der Waals surface area contributed by atoms with Gasteiger partial charge >= 0.3 is 0 Å². The summed E-state index contributed by atoms with van der Waals surface area (Å²) in [6.45, 7) is 5.29. The van der Waals surface area contributed by atoms with Crippen LogP contribution in [0.4, 0.5) is 16.2 Å². The van der Waals surface area contributed by atoms with Gasteiger partial charge in [-0.05, 0) is 36.4 Å². The molecule has 3 heterocycles. The van der Waals surface area contributed by atoms with Gasteiger partial charge in [-0.2, -0.15) is 4.98 Å². The molecule has 0 radical (unpaired) electrons. The molecule has 30 heavy (non-hydrogen) atoms. The van der Waals surface area contributed by atoms with Crippen LogP contribution in [0.1, 0.15) is 13.8 Å². The maximum atomic E-state index is 13.3. The number of aromatic nitrogens is 3. The number of carbonyl (C=O) groups is 2. The van der Waals surface area contributed by atoms with Crippen molar-refractivity contribution in [1.29, 1.82) is 0 Å². The molecule has 0 unspecified atom stereocenters. The van der Waals surface area contributed by atoms with Gasteiger partial charge in [0.1, 0.15) is 11.3 Å². The van der Waals surface area contributed by atoms with Gasteiger partial charge in [0.05, 0.1) is 11.2 Å². The quantitative estimate of drug-likeness (QED) is 0.716. The van der Waals surface area contributed by atoms with Gasteiger partial charge in [-0.3, -0.25) is 14.9 Å². The van der Waals surface area contributed by atoms with E-state index < -0.39 is 0 Å². The highest BCUT2D eigenvalue weighted by Gasteiger charge is 2.23. The zero-order valence-electron chi connectivity index (χ0n) is 16.7. The number of piperazine rings is 1. The molecule has 1 saturated heterocycles. The molecule has 1 aliphatic heterocycles. The first-order valence-electron chi connectivity index (χ1n) is 9.63. The van der Waals surface area contributed by atoms with Crippen molar-refractivity contribution in [2.45, 2.75) is 13.8 Å². The fourth-order valence-electron chi connectivity index (χ4n) is 3.45. The predicted octanol–water partition coefficient (Wildman–Crippen LogP) is 2.46. The summed E-state index contributed by atoms with van der Waals surface area (Å²) in [7, 11) is 0. The summed E-state index contributed by atoms with van der Waals surface area (Å²) in [6, 6.07) is 9.72. The summed E-state index contributed by atoms with van der Waals surface area (Å²) in [5.74, 6) is 0.258. The number of carbonyl (C=O) groups excluding carboxylic acids is 2. The fraction of sp³-hybridized carbons (Fsp3) is 0.286. The molecule has 8 nitrogen and oxygen atoms in total. The number of anilines is 2. The molecule has 2 aromatic heterocycles. The average molecular weight is 408 g/mol. The van der Waals surface area contributed by atoms with E-state index in [2.05, 4.69) is 15.3 Å². The van der Waals surface area contributed by atoms with E-state index in [9.17, 15) is 14.0 Å². The van der Waals surface area contributed by atoms with Crippen LogP contribution in [0.2, 0.25) is 0 Å². The molecule has 0 bridgehead atoms. The second kappa shape index (κ2) is 8.02. The first-order chi connectivity index (χ1) is 14.4. The van der Waals surface area contributed by atoms with Crippen molar-refractivity contribution in [2.24, 2.45) is 0 Å². The van der Waals surface area contributed by atoms with Gasteiger partial charge in [0.25, 0.3) is 0 Å². The number of rotatable bonds is 3.